The van der Waals surface area contributed by atoms with E-state index in [1.807, 2.05) is 12.1 Å². The molecule has 15 heavy (non-hydrogen) atoms. The van der Waals surface area contributed by atoms with E-state index in [1.165, 1.54) is 5.56 Å². The monoisotopic (exact) mass is 270 g/mol. The standard InChI is InChI=1S/C11H15BrN2O/c12-10-2-1-8(5-11(10)13)6-14-4-3-9(15)7-14/h1-2,5,9,15H,3-4,6-7,13H2. The predicted octanol–water partition coefficient (Wildman–Crippen LogP) is 1.60. The van der Waals surface area contributed by atoms with E-state index < -0.39 is 0 Å². The van der Waals surface area contributed by atoms with Gasteiger partial charge in [0.05, 0.1) is 6.10 Å². The molecule has 0 saturated carbocycles. The minimum Gasteiger partial charge on any atom is -0.398 e. The van der Waals surface area contributed by atoms with Crippen molar-refractivity contribution in [1.29, 1.82) is 0 Å². The van der Waals surface area contributed by atoms with Gasteiger partial charge in [-0.05, 0) is 40.0 Å². The van der Waals surface area contributed by atoms with Crippen molar-refractivity contribution in [3.8, 4) is 0 Å². The number of nitrogens with zero attached hydrogens (tertiary/aromatic N) is 1. The van der Waals surface area contributed by atoms with Crippen molar-refractivity contribution in [3.05, 3.63) is 28.2 Å². The highest BCUT2D eigenvalue weighted by Crippen LogP contribution is 2.22. The molecule has 1 aromatic carbocycles. The third-order valence-electron chi connectivity index (χ3n) is 2.71. The third kappa shape index (κ3) is 2.71. The second kappa shape index (κ2) is 4.51. The lowest BCUT2D eigenvalue weighted by atomic mass is 10.2. The van der Waals surface area contributed by atoms with E-state index in [1.54, 1.807) is 0 Å². The fourth-order valence-electron chi connectivity index (χ4n) is 1.91. The van der Waals surface area contributed by atoms with Crippen LogP contribution in [0.25, 0.3) is 0 Å². The molecule has 1 unspecified atom stereocenters. The molecule has 1 aromatic rings. The van der Waals surface area contributed by atoms with E-state index in [2.05, 4.69) is 26.9 Å². The Labute approximate surface area is 98.0 Å². The summed E-state index contributed by atoms with van der Waals surface area (Å²) in [7, 11) is 0. The number of nitrogen functional groups attached to an aromatic ring is 1. The zero-order valence-electron chi connectivity index (χ0n) is 8.49. The number of aliphatic hydroxyl groups is 1. The van der Waals surface area contributed by atoms with Crippen LogP contribution in [-0.2, 0) is 6.54 Å². The normalized spacial score (nSPS) is 22.1. The lowest BCUT2D eigenvalue weighted by Gasteiger charge is -2.15. The van der Waals surface area contributed by atoms with Gasteiger partial charge in [-0.15, -0.1) is 0 Å². The topological polar surface area (TPSA) is 49.5 Å². The Morgan fingerprint density at radius 2 is 2.33 bits per heavy atom. The zero-order valence-corrected chi connectivity index (χ0v) is 10.1. The molecule has 0 spiro atoms. The molecule has 82 valence electrons. The van der Waals surface area contributed by atoms with E-state index in [9.17, 15) is 5.11 Å². The Kier molecular flexibility index (Phi) is 3.29. The number of benzene rings is 1. The summed E-state index contributed by atoms with van der Waals surface area (Å²) in [6, 6.07) is 6.01. The fraction of sp³-hybridized carbons (Fsp3) is 0.455. The van der Waals surface area contributed by atoms with E-state index in [4.69, 9.17) is 5.73 Å². The van der Waals surface area contributed by atoms with Gasteiger partial charge in [-0.25, -0.2) is 0 Å². The molecular formula is C11H15BrN2O. The first kappa shape index (κ1) is 10.9. The number of rotatable bonds is 2. The van der Waals surface area contributed by atoms with Gasteiger partial charge in [0, 0.05) is 29.8 Å². The van der Waals surface area contributed by atoms with Crippen LogP contribution in [-0.4, -0.2) is 29.2 Å². The van der Waals surface area contributed by atoms with Crippen molar-refractivity contribution < 1.29 is 5.11 Å². The summed E-state index contributed by atoms with van der Waals surface area (Å²) in [5.41, 5.74) is 7.78. The SMILES string of the molecule is Nc1cc(CN2CCC(O)C2)ccc1Br. The maximum Gasteiger partial charge on any atom is 0.0679 e. The van der Waals surface area contributed by atoms with Gasteiger partial charge in [0.2, 0.25) is 0 Å². The summed E-state index contributed by atoms with van der Waals surface area (Å²) in [6.07, 6.45) is 0.726. The highest BCUT2D eigenvalue weighted by molar-refractivity contribution is 9.10. The molecule has 1 fully saturated rings. The Bertz CT molecular complexity index is 356. The van der Waals surface area contributed by atoms with Crippen LogP contribution < -0.4 is 5.73 Å². The molecule has 0 aromatic heterocycles. The summed E-state index contributed by atoms with van der Waals surface area (Å²) in [4.78, 5) is 2.24. The number of nitrogens with two attached hydrogens (primary N) is 1. The molecule has 2 rings (SSSR count). The van der Waals surface area contributed by atoms with Crippen LogP contribution in [0.15, 0.2) is 22.7 Å². The number of aliphatic hydroxyl groups excluding tert-OH is 1. The van der Waals surface area contributed by atoms with Crippen LogP contribution >= 0.6 is 15.9 Å². The van der Waals surface area contributed by atoms with Gasteiger partial charge in [-0.1, -0.05) is 6.07 Å². The molecule has 1 aliphatic rings. The summed E-state index contributed by atoms with van der Waals surface area (Å²) < 4.78 is 0.938. The van der Waals surface area contributed by atoms with Gasteiger partial charge in [0.15, 0.2) is 0 Å². The van der Waals surface area contributed by atoms with E-state index >= 15 is 0 Å². The van der Waals surface area contributed by atoms with Crippen molar-refractivity contribution in [2.45, 2.75) is 19.1 Å². The second-order valence-corrected chi connectivity index (χ2v) is 4.89. The van der Waals surface area contributed by atoms with E-state index in [-0.39, 0.29) is 6.10 Å². The molecule has 3 nitrogen and oxygen atoms in total. The van der Waals surface area contributed by atoms with Gasteiger partial charge < -0.3 is 10.8 Å². The van der Waals surface area contributed by atoms with E-state index in [0.29, 0.717) is 0 Å². The first-order valence-corrected chi connectivity index (χ1v) is 5.89. The van der Waals surface area contributed by atoms with Crippen LogP contribution in [0.4, 0.5) is 5.69 Å². The maximum absolute atomic E-state index is 9.40. The molecule has 1 saturated heterocycles. The molecular weight excluding hydrogens is 256 g/mol. The molecule has 1 aliphatic heterocycles. The van der Waals surface area contributed by atoms with E-state index in [0.717, 1.165) is 36.2 Å². The highest BCUT2D eigenvalue weighted by Gasteiger charge is 2.19. The Morgan fingerprint density at radius 1 is 1.53 bits per heavy atom. The first-order chi connectivity index (χ1) is 7.15. The second-order valence-electron chi connectivity index (χ2n) is 4.03. The summed E-state index contributed by atoms with van der Waals surface area (Å²) in [5, 5.41) is 9.40. The smallest absolute Gasteiger partial charge is 0.0679 e. The Balaban J connectivity index is 2.02. The van der Waals surface area contributed by atoms with Gasteiger partial charge in [-0.2, -0.15) is 0 Å². The van der Waals surface area contributed by atoms with Crippen LogP contribution in [0.5, 0.6) is 0 Å². The molecule has 3 N–H and O–H groups in total. The summed E-state index contributed by atoms with van der Waals surface area (Å²) in [6.45, 7) is 2.61. The maximum atomic E-state index is 9.40. The lowest BCUT2D eigenvalue weighted by Crippen LogP contribution is -2.21. The van der Waals surface area contributed by atoms with Crippen LogP contribution in [0.1, 0.15) is 12.0 Å². The molecule has 1 heterocycles. The minimum absolute atomic E-state index is 0.155. The highest BCUT2D eigenvalue weighted by atomic mass is 79.9. The summed E-state index contributed by atoms with van der Waals surface area (Å²) in [5.74, 6) is 0. The average molecular weight is 271 g/mol. The molecule has 0 amide bonds. The molecule has 0 bridgehead atoms. The number of β-amino-alcohol motifs (C(OH)–C–C–N with tert-alkyl or cyclic N) is 1. The zero-order chi connectivity index (χ0) is 10.8. The minimum atomic E-state index is -0.155. The molecule has 0 aliphatic carbocycles. The van der Waals surface area contributed by atoms with Crippen LogP contribution in [0, 0.1) is 0 Å². The Morgan fingerprint density at radius 3 is 2.93 bits per heavy atom. The van der Waals surface area contributed by atoms with Crippen molar-refractivity contribution >= 4 is 21.6 Å². The molecule has 0 radical (unpaired) electrons. The van der Waals surface area contributed by atoms with Gasteiger partial charge in [0.25, 0.3) is 0 Å². The molecule has 1 atom stereocenters. The third-order valence-corrected chi connectivity index (χ3v) is 3.44. The lowest BCUT2D eigenvalue weighted by molar-refractivity contribution is 0.175. The predicted molar refractivity (Wildman–Crippen MR) is 64.5 cm³/mol. The fourth-order valence-corrected chi connectivity index (χ4v) is 2.15. The number of hydrogen-bond acceptors (Lipinski definition) is 3. The summed E-state index contributed by atoms with van der Waals surface area (Å²) >= 11 is 3.37. The van der Waals surface area contributed by atoms with Crippen LogP contribution in [0.3, 0.4) is 0 Å². The Hall–Kier alpha value is -0.580. The number of hydrogen-bond donors (Lipinski definition) is 2. The van der Waals surface area contributed by atoms with Crippen LogP contribution in [0.2, 0.25) is 0 Å². The number of halogens is 1. The average Bonchev–Trinajstić information content (AvgIpc) is 2.58. The number of anilines is 1. The van der Waals surface area contributed by atoms with Gasteiger partial charge in [0.1, 0.15) is 0 Å². The van der Waals surface area contributed by atoms with Gasteiger partial charge >= 0.3 is 0 Å². The quantitative estimate of drug-likeness (QED) is 0.803. The van der Waals surface area contributed by atoms with Crippen molar-refractivity contribution in [3.63, 3.8) is 0 Å². The first-order valence-electron chi connectivity index (χ1n) is 5.09. The van der Waals surface area contributed by atoms with Gasteiger partial charge in [-0.3, -0.25) is 4.90 Å². The van der Waals surface area contributed by atoms with Crippen molar-refractivity contribution in [2.24, 2.45) is 0 Å². The molecule has 4 heteroatoms. The van der Waals surface area contributed by atoms with Crippen molar-refractivity contribution in [2.75, 3.05) is 18.8 Å². The largest absolute Gasteiger partial charge is 0.398 e. The number of likely N-dealkylation sites (tertiary alicyclic amines) is 1. The van der Waals surface area contributed by atoms with Crippen molar-refractivity contribution in [1.82, 2.24) is 4.90 Å².